The minimum absolute atomic E-state index is 0.110. The highest BCUT2D eigenvalue weighted by atomic mass is 16.5. The van der Waals surface area contributed by atoms with Crippen molar-refractivity contribution in [2.75, 3.05) is 13.7 Å². The summed E-state index contributed by atoms with van der Waals surface area (Å²) >= 11 is 0. The second kappa shape index (κ2) is 5.67. The van der Waals surface area contributed by atoms with Gasteiger partial charge >= 0.3 is 5.97 Å². The van der Waals surface area contributed by atoms with E-state index >= 15 is 0 Å². The van der Waals surface area contributed by atoms with Gasteiger partial charge in [0.1, 0.15) is 0 Å². The van der Waals surface area contributed by atoms with Gasteiger partial charge in [0.25, 0.3) is 0 Å². The van der Waals surface area contributed by atoms with Gasteiger partial charge in [-0.3, -0.25) is 9.59 Å². The molecule has 4 nitrogen and oxygen atoms in total. The van der Waals surface area contributed by atoms with E-state index in [1.165, 1.54) is 7.11 Å². The first-order chi connectivity index (χ1) is 8.70. The first kappa shape index (κ1) is 12.6. The van der Waals surface area contributed by atoms with E-state index in [0.717, 1.165) is 5.56 Å². The van der Waals surface area contributed by atoms with Crippen LogP contribution in [0.5, 0.6) is 0 Å². The van der Waals surface area contributed by atoms with Crippen molar-refractivity contribution in [2.45, 2.75) is 19.4 Å². The molecule has 0 unspecified atom stereocenters. The van der Waals surface area contributed by atoms with Crippen molar-refractivity contribution in [3.8, 4) is 0 Å². The Morgan fingerprint density at radius 2 is 2.11 bits per heavy atom. The van der Waals surface area contributed by atoms with Gasteiger partial charge in [-0.05, 0) is 12.0 Å². The molecule has 1 aromatic rings. The molecule has 0 saturated carbocycles. The number of esters is 1. The summed E-state index contributed by atoms with van der Waals surface area (Å²) in [6.07, 6.45) is 1.02. The maximum Gasteiger partial charge on any atom is 0.310 e. The molecule has 1 saturated heterocycles. The third-order valence-corrected chi connectivity index (χ3v) is 3.25. The predicted molar refractivity (Wildman–Crippen MR) is 66.6 cm³/mol. The van der Waals surface area contributed by atoms with Crippen LogP contribution in [0.15, 0.2) is 30.3 Å². The zero-order valence-electron chi connectivity index (χ0n) is 10.5. The van der Waals surface area contributed by atoms with Gasteiger partial charge < -0.3 is 9.64 Å². The molecule has 1 aliphatic heterocycles. The number of benzene rings is 1. The second-order valence-electron chi connectivity index (χ2n) is 4.52. The summed E-state index contributed by atoms with van der Waals surface area (Å²) in [5.41, 5.74) is 1.08. The van der Waals surface area contributed by atoms with Gasteiger partial charge in [0, 0.05) is 19.5 Å². The number of carbonyl (C=O) groups is 2. The van der Waals surface area contributed by atoms with E-state index in [-0.39, 0.29) is 17.8 Å². The number of ether oxygens (including phenoxy) is 1. The Morgan fingerprint density at radius 3 is 2.78 bits per heavy atom. The number of amides is 1. The average Bonchev–Trinajstić information content (AvgIpc) is 2.41. The fourth-order valence-corrected chi connectivity index (χ4v) is 2.23. The van der Waals surface area contributed by atoms with E-state index in [4.69, 9.17) is 4.74 Å². The molecule has 0 N–H and O–H groups in total. The van der Waals surface area contributed by atoms with Gasteiger partial charge in [-0.1, -0.05) is 30.3 Å². The minimum Gasteiger partial charge on any atom is -0.469 e. The number of methoxy groups -OCH3 is 1. The summed E-state index contributed by atoms with van der Waals surface area (Å²) in [6.45, 7) is 1.02. The summed E-state index contributed by atoms with van der Waals surface area (Å²) < 4.78 is 4.75. The summed E-state index contributed by atoms with van der Waals surface area (Å²) in [7, 11) is 1.39. The first-order valence-corrected chi connectivity index (χ1v) is 6.10. The Bertz CT molecular complexity index is 430. The molecule has 96 valence electrons. The van der Waals surface area contributed by atoms with E-state index in [2.05, 4.69) is 0 Å². The molecule has 1 aliphatic rings. The molecule has 1 fully saturated rings. The normalized spacial score (nSPS) is 19.7. The molecule has 1 atom stereocenters. The molecular weight excluding hydrogens is 230 g/mol. The predicted octanol–water partition coefficient (Wildman–Crippen LogP) is 1.60. The lowest BCUT2D eigenvalue weighted by Crippen LogP contribution is -2.42. The molecule has 4 heteroatoms. The van der Waals surface area contributed by atoms with Crippen molar-refractivity contribution in [3.05, 3.63) is 35.9 Å². The monoisotopic (exact) mass is 247 g/mol. The zero-order chi connectivity index (χ0) is 13.0. The van der Waals surface area contributed by atoms with E-state index in [0.29, 0.717) is 25.9 Å². The fourth-order valence-electron chi connectivity index (χ4n) is 2.23. The number of piperidine rings is 1. The van der Waals surface area contributed by atoms with E-state index in [9.17, 15) is 9.59 Å². The lowest BCUT2D eigenvalue weighted by atomic mass is 9.97. The van der Waals surface area contributed by atoms with Crippen LogP contribution < -0.4 is 0 Å². The quantitative estimate of drug-likeness (QED) is 0.762. The molecule has 0 radical (unpaired) electrons. The van der Waals surface area contributed by atoms with Crippen molar-refractivity contribution >= 4 is 11.9 Å². The van der Waals surface area contributed by atoms with Gasteiger partial charge in [0.05, 0.1) is 13.0 Å². The number of hydrogen-bond donors (Lipinski definition) is 0. The van der Waals surface area contributed by atoms with Crippen molar-refractivity contribution in [1.29, 1.82) is 0 Å². The summed E-state index contributed by atoms with van der Waals surface area (Å²) in [4.78, 5) is 25.1. The third kappa shape index (κ3) is 2.88. The summed E-state index contributed by atoms with van der Waals surface area (Å²) in [5.74, 6) is -0.295. The first-order valence-electron chi connectivity index (χ1n) is 6.10. The molecular formula is C14H17NO3. The number of carbonyl (C=O) groups excluding carboxylic acids is 2. The van der Waals surface area contributed by atoms with Crippen LogP contribution in [0.25, 0.3) is 0 Å². The third-order valence-electron chi connectivity index (χ3n) is 3.25. The van der Waals surface area contributed by atoms with Gasteiger partial charge in [-0.15, -0.1) is 0 Å². The van der Waals surface area contributed by atoms with Crippen LogP contribution in [-0.4, -0.2) is 30.4 Å². The van der Waals surface area contributed by atoms with Crippen LogP contribution in [0.1, 0.15) is 18.4 Å². The Kier molecular flexibility index (Phi) is 3.97. The fraction of sp³-hybridized carbons (Fsp3) is 0.429. The Labute approximate surface area is 107 Å². The molecule has 18 heavy (non-hydrogen) atoms. The van der Waals surface area contributed by atoms with E-state index in [1.54, 1.807) is 4.90 Å². The van der Waals surface area contributed by atoms with Crippen LogP contribution in [0.3, 0.4) is 0 Å². The lowest BCUT2D eigenvalue weighted by Gasteiger charge is -2.31. The molecule has 0 aliphatic carbocycles. The highest BCUT2D eigenvalue weighted by molar-refractivity contribution is 5.81. The van der Waals surface area contributed by atoms with Gasteiger partial charge in [-0.2, -0.15) is 0 Å². The van der Waals surface area contributed by atoms with E-state index < -0.39 is 0 Å². The number of hydrogen-bond acceptors (Lipinski definition) is 3. The van der Waals surface area contributed by atoms with Gasteiger partial charge in [-0.25, -0.2) is 0 Å². The van der Waals surface area contributed by atoms with Crippen molar-refractivity contribution in [3.63, 3.8) is 0 Å². The van der Waals surface area contributed by atoms with Gasteiger partial charge in [0.2, 0.25) is 5.91 Å². The summed E-state index contributed by atoms with van der Waals surface area (Å²) in [6, 6.07) is 9.80. The highest BCUT2D eigenvalue weighted by Crippen LogP contribution is 2.20. The molecule has 0 aromatic heterocycles. The van der Waals surface area contributed by atoms with Crippen LogP contribution in [-0.2, 0) is 20.9 Å². The molecule has 1 aromatic carbocycles. The van der Waals surface area contributed by atoms with Crippen molar-refractivity contribution < 1.29 is 14.3 Å². The lowest BCUT2D eigenvalue weighted by molar-refractivity contribution is -0.150. The average molecular weight is 247 g/mol. The molecule has 2 rings (SSSR count). The second-order valence-corrected chi connectivity index (χ2v) is 4.52. The van der Waals surface area contributed by atoms with Crippen molar-refractivity contribution in [2.24, 2.45) is 5.92 Å². The highest BCUT2D eigenvalue weighted by Gasteiger charge is 2.30. The van der Waals surface area contributed by atoms with E-state index in [1.807, 2.05) is 30.3 Å². The Hall–Kier alpha value is -1.84. The van der Waals surface area contributed by atoms with Crippen LogP contribution in [0, 0.1) is 5.92 Å². The molecule has 1 heterocycles. The SMILES string of the molecule is COC(=O)[C@@H]1CCC(=O)N(Cc2ccccc2)C1. The number of rotatable bonds is 3. The Morgan fingerprint density at radius 1 is 1.39 bits per heavy atom. The van der Waals surface area contributed by atoms with Crippen LogP contribution >= 0.6 is 0 Å². The largest absolute Gasteiger partial charge is 0.469 e. The molecule has 1 amide bonds. The molecule has 0 bridgehead atoms. The number of likely N-dealkylation sites (tertiary alicyclic amines) is 1. The number of nitrogens with zero attached hydrogens (tertiary/aromatic N) is 1. The zero-order valence-corrected chi connectivity index (χ0v) is 10.5. The maximum atomic E-state index is 11.8. The van der Waals surface area contributed by atoms with Crippen molar-refractivity contribution in [1.82, 2.24) is 4.90 Å². The smallest absolute Gasteiger partial charge is 0.310 e. The van der Waals surface area contributed by atoms with Crippen LogP contribution in [0.4, 0.5) is 0 Å². The standard InChI is InChI=1S/C14H17NO3/c1-18-14(17)12-7-8-13(16)15(10-12)9-11-5-3-2-4-6-11/h2-6,12H,7-10H2,1H3/t12-/m1/s1. The maximum absolute atomic E-state index is 11.8. The topological polar surface area (TPSA) is 46.6 Å². The van der Waals surface area contributed by atoms with Gasteiger partial charge in [0.15, 0.2) is 0 Å². The minimum atomic E-state index is -0.222. The van der Waals surface area contributed by atoms with Crippen LogP contribution in [0.2, 0.25) is 0 Å². The Balaban J connectivity index is 2.02. The molecule has 0 spiro atoms. The summed E-state index contributed by atoms with van der Waals surface area (Å²) in [5, 5.41) is 0.